The fraction of sp³-hybridized carbons (Fsp3) is 0.400. The molecule has 1 fully saturated rings. The molecule has 2 aliphatic heterocycles. The van der Waals surface area contributed by atoms with Gasteiger partial charge in [-0.15, -0.1) is 10.2 Å². The highest BCUT2D eigenvalue weighted by molar-refractivity contribution is 5.75. The van der Waals surface area contributed by atoms with Crippen molar-refractivity contribution in [3.05, 3.63) is 28.1 Å². The fourth-order valence-corrected chi connectivity index (χ4v) is 1.97. The van der Waals surface area contributed by atoms with E-state index in [1.807, 2.05) is 0 Å². The van der Waals surface area contributed by atoms with Crippen molar-refractivity contribution in [2.24, 2.45) is 10.2 Å². The van der Waals surface area contributed by atoms with Gasteiger partial charge in [0.15, 0.2) is 23.2 Å². The molecule has 2 aliphatic rings. The molecule has 0 amide bonds. The smallest absolute Gasteiger partial charge is 0.279 e. The van der Waals surface area contributed by atoms with Gasteiger partial charge in [0, 0.05) is 0 Å². The number of ether oxygens (including phenoxy) is 1. The molecule has 3 unspecified atom stereocenters. The van der Waals surface area contributed by atoms with Crippen molar-refractivity contribution in [3.8, 4) is 0 Å². The maximum Gasteiger partial charge on any atom is 0.279 e. The van der Waals surface area contributed by atoms with E-state index in [2.05, 4.69) is 20.2 Å². The second-order valence-electron chi connectivity index (χ2n) is 4.12. The van der Waals surface area contributed by atoms with E-state index < -0.39 is 30.5 Å². The molecule has 100 valence electrons. The number of rotatable bonds is 1. The lowest BCUT2D eigenvalue weighted by molar-refractivity contribution is -0.00283. The van der Waals surface area contributed by atoms with Crippen molar-refractivity contribution in [2.45, 2.75) is 18.3 Å². The summed E-state index contributed by atoms with van der Waals surface area (Å²) >= 11 is 0. The minimum Gasteiger partial charge on any atom is -0.484 e. The van der Waals surface area contributed by atoms with Crippen LogP contribution in [0.15, 0.2) is 27.1 Å². The standard InChI is InChI=1S/C10H10N4O5/c15-1-3-7(16)8(17)9(19-3)5-4-6(14-13-5)10(18)12-2-11-4/h2-3,7-8,15-17H,1H2,(H,11,12,18). The van der Waals surface area contributed by atoms with Crippen LogP contribution in [0.1, 0.15) is 5.69 Å². The topological polar surface area (TPSA) is 140 Å². The van der Waals surface area contributed by atoms with E-state index in [1.54, 1.807) is 0 Å². The Hall–Kier alpha value is -2.10. The fourth-order valence-electron chi connectivity index (χ4n) is 1.97. The van der Waals surface area contributed by atoms with Crippen molar-refractivity contribution in [1.82, 2.24) is 9.97 Å². The molecular weight excluding hydrogens is 256 g/mol. The van der Waals surface area contributed by atoms with Gasteiger partial charge < -0.3 is 25.0 Å². The number of hydrogen-bond acceptors (Lipinski definition) is 8. The van der Waals surface area contributed by atoms with Crippen LogP contribution in [0.3, 0.4) is 0 Å². The molecule has 0 bridgehead atoms. The van der Waals surface area contributed by atoms with Crippen molar-refractivity contribution in [3.63, 3.8) is 0 Å². The predicted octanol–water partition coefficient (Wildman–Crippen LogP) is -1.35. The van der Waals surface area contributed by atoms with Crippen LogP contribution in [-0.2, 0) is 4.74 Å². The first-order valence-corrected chi connectivity index (χ1v) is 5.51. The molecule has 19 heavy (non-hydrogen) atoms. The lowest BCUT2D eigenvalue weighted by atomic mass is 10.1. The quantitative estimate of drug-likeness (QED) is 0.495. The third-order valence-corrected chi connectivity index (χ3v) is 2.97. The Balaban J connectivity index is 2.11. The number of fused-ring (bicyclic) bond motifs is 1. The summed E-state index contributed by atoms with van der Waals surface area (Å²) < 4.78 is 5.24. The highest BCUT2D eigenvalue weighted by Gasteiger charge is 2.42. The molecule has 1 saturated heterocycles. The van der Waals surface area contributed by atoms with E-state index in [0.717, 1.165) is 0 Å². The Bertz CT molecular complexity index is 637. The molecule has 9 nitrogen and oxygen atoms in total. The third kappa shape index (κ3) is 1.67. The van der Waals surface area contributed by atoms with E-state index in [1.165, 1.54) is 6.33 Å². The second-order valence-corrected chi connectivity index (χ2v) is 4.12. The Kier molecular flexibility index (Phi) is 2.66. The molecule has 3 atom stereocenters. The number of hydrogen-bond donors (Lipinski definition) is 4. The molecule has 1 aromatic heterocycles. The normalized spacial score (nSPS) is 32.5. The van der Waals surface area contributed by atoms with Crippen molar-refractivity contribution in [1.29, 1.82) is 0 Å². The summed E-state index contributed by atoms with van der Waals surface area (Å²) in [7, 11) is 0. The Morgan fingerprint density at radius 3 is 2.84 bits per heavy atom. The van der Waals surface area contributed by atoms with Gasteiger partial charge in [0.05, 0.1) is 12.9 Å². The number of H-pyrrole nitrogens is 1. The molecule has 0 aromatic carbocycles. The van der Waals surface area contributed by atoms with E-state index in [4.69, 9.17) is 9.84 Å². The molecule has 0 aliphatic carbocycles. The molecular formula is C10H10N4O5. The van der Waals surface area contributed by atoms with Crippen LogP contribution >= 0.6 is 0 Å². The van der Waals surface area contributed by atoms with Gasteiger partial charge >= 0.3 is 0 Å². The molecule has 9 heteroatoms. The number of aliphatic hydroxyl groups is 3. The van der Waals surface area contributed by atoms with Gasteiger partial charge in [-0.25, -0.2) is 4.98 Å². The average molecular weight is 266 g/mol. The minimum atomic E-state index is -1.35. The van der Waals surface area contributed by atoms with Crippen molar-refractivity contribution < 1.29 is 20.1 Å². The molecule has 0 saturated carbocycles. The van der Waals surface area contributed by atoms with Gasteiger partial charge in [0.25, 0.3) is 5.56 Å². The van der Waals surface area contributed by atoms with Crippen LogP contribution in [0.4, 0.5) is 5.69 Å². The second kappa shape index (κ2) is 4.23. The van der Waals surface area contributed by atoms with Gasteiger partial charge in [-0.05, 0) is 0 Å². The SMILES string of the molecule is O=c1[nH]cnc2c1N=NC2=C1OC(CO)C(O)C1O. The van der Waals surface area contributed by atoms with Crippen LogP contribution in [0, 0.1) is 0 Å². The number of nitrogens with zero attached hydrogens (tertiary/aromatic N) is 3. The van der Waals surface area contributed by atoms with E-state index in [0.29, 0.717) is 0 Å². The molecule has 0 radical (unpaired) electrons. The Morgan fingerprint density at radius 1 is 1.37 bits per heavy atom. The first kappa shape index (κ1) is 12.0. The maximum absolute atomic E-state index is 11.5. The van der Waals surface area contributed by atoms with Crippen molar-refractivity contribution in [2.75, 3.05) is 6.61 Å². The molecule has 4 N–H and O–H groups in total. The van der Waals surface area contributed by atoms with E-state index in [9.17, 15) is 15.0 Å². The molecule has 3 rings (SSSR count). The zero-order valence-corrected chi connectivity index (χ0v) is 9.52. The predicted molar refractivity (Wildman–Crippen MR) is 60.3 cm³/mol. The number of nitrogens with one attached hydrogen (secondary N) is 1. The summed E-state index contributed by atoms with van der Waals surface area (Å²) in [5, 5.41) is 35.9. The van der Waals surface area contributed by atoms with Crippen LogP contribution in [0.25, 0.3) is 5.70 Å². The zero-order chi connectivity index (χ0) is 13.6. The first-order valence-electron chi connectivity index (χ1n) is 5.51. The number of aromatic amines is 1. The third-order valence-electron chi connectivity index (χ3n) is 2.97. The summed E-state index contributed by atoms with van der Waals surface area (Å²) in [6.45, 7) is -0.457. The van der Waals surface area contributed by atoms with Crippen molar-refractivity contribution >= 4 is 11.4 Å². The summed E-state index contributed by atoms with van der Waals surface area (Å²) in [5.74, 6) is -0.0489. The average Bonchev–Trinajstić information content (AvgIpc) is 2.94. The van der Waals surface area contributed by atoms with Crippen LogP contribution in [0.2, 0.25) is 0 Å². The summed E-state index contributed by atoms with van der Waals surface area (Å²) in [6, 6.07) is 0. The van der Waals surface area contributed by atoms with Gasteiger partial charge in [0.2, 0.25) is 0 Å². The Labute approximate surface area is 105 Å². The van der Waals surface area contributed by atoms with E-state index in [-0.39, 0.29) is 22.8 Å². The molecule has 0 spiro atoms. The molecule has 3 heterocycles. The largest absolute Gasteiger partial charge is 0.484 e. The van der Waals surface area contributed by atoms with Gasteiger partial charge in [0.1, 0.15) is 17.9 Å². The summed E-state index contributed by atoms with van der Waals surface area (Å²) in [4.78, 5) is 17.7. The number of aliphatic hydroxyl groups excluding tert-OH is 3. The number of aromatic nitrogens is 2. The highest BCUT2D eigenvalue weighted by atomic mass is 16.5. The highest BCUT2D eigenvalue weighted by Crippen LogP contribution is 2.37. The lowest BCUT2D eigenvalue weighted by Crippen LogP contribution is -2.31. The first-order chi connectivity index (χ1) is 9.13. The number of azo groups is 1. The summed E-state index contributed by atoms with van der Waals surface area (Å²) in [5.41, 5.74) is -0.189. The zero-order valence-electron chi connectivity index (χ0n) is 9.52. The van der Waals surface area contributed by atoms with Crippen LogP contribution in [0.5, 0.6) is 0 Å². The van der Waals surface area contributed by atoms with Crippen LogP contribution < -0.4 is 5.56 Å². The maximum atomic E-state index is 11.5. The summed E-state index contributed by atoms with van der Waals surface area (Å²) in [6.07, 6.45) is -2.38. The van der Waals surface area contributed by atoms with Gasteiger partial charge in [-0.1, -0.05) is 0 Å². The Morgan fingerprint density at radius 2 is 2.16 bits per heavy atom. The lowest BCUT2D eigenvalue weighted by Gasteiger charge is -2.09. The minimum absolute atomic E-state index is 0.0164. The van der Waals surface area contributed by atoms with Gasteiger partial charge in [-0.3, -0.25) is 4.79 Å². The van der Waals surface area contributed by atoms with E-state index >= 15 is 0 Å². The molecule has 1 aromatic rings. The van der Waals surface area contributed by atoms with Crippen LogP contribution in [-0.4, -0.2) is 50.2 Å². The van der Waals surface area contributed by atoms with Gasteiger partial charge in [-0.2, -0.15) is 0 Å². The monoisotopic (exact) mass is 266 g/mol.